The Morgan fingerprint density at radius 2 is 2.00 bits per heavy atom. The molecule has 0 saturated carbocycles. The lowest BCUT2D eigenvalue weighted by atomic mass is 9.70. The van der Waals surface area contributed by atoms with Crippen LogP contribution in [0.1, 0.15) is 5.56 Å². The topological polar surface area (TPSA) is 61.3 Å². The Hall–Kier alpha value is -1.66. The maximum atomic E-state index is 13.8. The van der Waals surface area contributed by atoms with Gasteiger partial charge in [0.1, 0.15) is 11.2 Å². The molecule has 1 aliphatic rings. The highest BCUT2D eigenvalue weighted by molar-refractivity contribution is 6.31. The van der Waals surface area contributed by atoms with Crippen LogP contribution < -0.4 is 16.2 Å². The van der Waals surface area contributed by atoms with Gasteiger partial charge in [0.2, 0.25) is 0 Å². The standard InChI is InChI=1S/C14H14ClF3N2O/c1-21-8-4-5-10(15)9(7-8)13(14(16,17)18)6-2-3-11(19)12(13)20/h2-7,12H,19-20H2,1H3. The van der Waals surface area contributed by atoms with E-state index >= 15 is 0 Å². The number of benzene rings is 1. The van der Waals surface area contributed by atoms with Crippen LogP contribution in [0.15, 0.2) is 42.1 Å². The number of hydrogen-bond acceptors (Lipinski definition) is 3. The second-order valence-electron chi connectivity index (χ2n) is 4.72. The molecule has 21 heavy (non-hydrogen) atoms. The molecular weight excluding hydrogens is 305 g/mol. The first-order valence-electron chi connectivity index (χ1n) is 6.05. The molecule has 2 rings (SSSR count). The van der Waals surface area contributed by atoms with Crippen molar-refractivity contribution in [1.82, 2.24) is 0 Å². The second-order valence-corrected chi connectivity index (χ2v) is 5.12. The van der Waals surface area contributed by atoms with Crippen LogP contribution in [-0.2, 0) is 5.41 Å². The highest BCUT2D eigenvalue weighted by Gasteiger charge is 2.60. The number of rotatable bonds is 2. The third kappa shape index (κ3) is 2.38. The molecule has 1 aromatic carbocycles. The van der Waals surface area contributed by atoms with E-state index in [9.17, 15) is 13.2 Å². The maximum absolute atomic E-state index is 13.8. The van der Waals surface area contributed by atoms with Crippen LogP contribution in [0.2, 0.25) is 5.02 Å². The van der Waals surface area contributed by atoms with Crippen LogP contribution in [-0.4, -0.2) is 19.3 Å². The minimum Gasteiger partial charge on any atom is -0.497 e. The molecule has 7 heteroatoms. The van der Waals surface area contributed by atoms with Gasteiger partial charge in [0.05, 0.1) is 13.2 Å². The van der Waals surface area contributed by atoms with Crippen molar-refractivity contribution in [2.45, 2.75) is 17.6 Å². The first-order valence-corrected chi connectivity index (χ1v) is 6.43. The normalized spacial score (nSPS) is 25.6. The summed E-state index contributed by atoms with van der Waals surface area (Å²) in [6, 6.07) is 2.59. The number of ether oxygens (including phenoxy) is 1. The number of alkyl halides is 3. The molecule has 0 amide bonds. The summed E-state index contributed by atoms with van der Waals surface area (Å²) in [5.74, 6) is 0.256. The van der Waals surface area contributed by atoms with Crippen LogP contribution in [0.3, 0.4) is 0 Å². The van der Waals surface area contributed by atoms with E-state index in [1.165, 1.54) is 37.5 Å². The molecule has 3 nitrogen and oxygen atoms in total. The summed E-state index contributed by atoms with van der Waals surface area (Å²) in [4.78, 5) is 0. The molecular formula is C14H14ClF3N2O. The summed E-state index contributed by atoms with van der Waals surface area (Å²) < 4.78 is 46.4. The van der Waals surface area contributed by atoms with Gasteiger partial charge in [0.15, 0.2) is 0 Å². The Morgan fingerprint density at radius 1 is 1.33 bits per heavy atom. The van der Waals surface area contributed by atoms with Gasteiger partial charge >= 0.3 is 6.18 Å². The van der Waals surface area contributed by atoms with Gasteiger partial charge in [-0.25, -0.2) is 0 Å². The predicted octanol–water partition coefficient (Wildman–Crippen LogP) is 2.89. The van der Waals surface area contributed by atoms with E-state index in [0.717, 1.165) is 6.08 Å². The van der Waals surface area contributed by atoms with Crippen LogP contribution in [0.25, 0.3) is 0 Å². The van der Waals surface area contributed by atoms with Crippen molar-refractivity contribution in [2.24, 2.45) is 11.5 Å². The summed E-state index contributed by atoms with van der Waals surface area (Å²) >= 11 is 5.99. The average molecular weight is 319 g/mol. The summed E-state index contributed by atoms with van der Waals surface area (Å²) in [6.45, 7) is 0. The lowest BCUT2D eigenvalue weighted by molar-refractivity contribution is -0.179. The zero-order chi connectivity index (χ0) is 15.8. The fourth-order valence-electron chi connectivity index (χ4n) is 2.41. The Kier molecular flexibility index (Phi) is 3.95. The lowest BCUT2D eigenvalue weighted by Crippen LogP contribution is -2.57. The largest absolute Gasteiger partial charge is 0.497 e. The third-order valence-electron chi connectivity index (χ3n) is 3.59. The molecule has 1 aliphatic carbocycles. The second kappa shape index (κ2) is 5.27. The van der Waals surface area contributed by atoms with E-state index in [0.29, 0.717) is 0 Å². The monoisotopic (exact) mass is 318 g/mol. The lowest BCUT2D eigenvalue weighted by Gasteiger charge is -2.40. The smallest absolute Gasteiger partial charge is 0.403 e. The fraction of sp³-hybridized carbons (Fsp3) is 0.286. The fourth-order valence-corrected chi connectivity index (χ4v) is 2.68. The summed E-state index contributed by atoms with van der Waals surface area (Å²) in [5, 5.41) is -0.0528. The van der Waals surface area contributed by atoms with Crippen molar-refractivity contribution in [3.05, 3.63) is 52.7 Å². The molecule has 0 saturated heterocycles. The van der Waals surface area contributed by atoms with Crippen molar-refractivity contribution in [2.75, 3.05) is 7.11 Å². The van der Waals surface area contributed by atoms with Crippen molar-refractivity contribution < 1.29 is 17.9 Å². The highest BCUT2D eigenvalue weighted by atomic mass is 35.5. The van der Waals surface area contributed by atoms with E-state index in [1.54, 1.807) is 0 Å². The van der Waals surface area contributed by atoms with Crippen LogP contribution in [0.4, 0.5) is 13.2 Å². The molecule has 0 aliphatic heterocycles. The first kappa shape index (κ1) is 15.7. The quantitative estimate of drug-likeness (QED) is 0.881. The Bertz CT molecular complexity index is 613. The Labute approximate surface area is 125 Å². The van der Waals surface area contributed by atoms with Crippen molar-refractivity contribution in [3.63, 3.8) is 0 Å². The minimum absolute atomic E-state index is 0.0528. The van der Waals surface area contributed by atoms with Gasteiger partial charge in [-0.15, -0.1) is 0 Å². The number of hydrogen-bond donors (Lipinski definition) is 2. The summed E-state index contributed by atoms with van der Waals surface area (Å²) in [7, 11) is 1.36. The van der Waals surface area contributed by atoms with Crippen LogP contribution in [0.5, 0.6) is 5.75 Å². The van der Waals surface area contributed by atoms with E-state index < -0.39 is 17.6 Å². The van der Waals surface area contributed by atoms with Crippen molar-refractivity contribution >= 4 is 11.6 Å². The molecule has 0 radical (unpaired) electrons. The molecule has 0 bridgehead atoms. The molecule has 2 atom stereocenters. The average Bonchev–Trinajstić information content (AvgIpc) is 2.41. The predicted molar refractivity (Wildman–Crippen MR) is 75.1 cm³/mol. The number of halogens is 4. The third-order valence-corrected chi connectivity index (χ3v) is 3.92. The zero-order valence-electron chi connectivity index (χ0n) is 11.1. The van der Waals surface area contributed by atoms with Gasteiger partial charge in [-0.05, 0) is 29.8 Å². The van der Waals surface area contributed by atoms with E-state index in [2.05, 4.69) is 0 Å². The minimum atomic E-state index is -4.67. The molecule has 1 aromatic rings. The van der Waals surface area contributed by atoms with Gasteiger partial charge in [0.25, 0.3) is 0 Å². The molecule has 0 heterocycles. The van der Waals surface area contributed by atoms with E-state index in [1.807, 2.05) is 0 Å². The Morgan fingerprint density at radius 3 is 2.57 bits per heavy atom. The van der Waals surface area contributed by atoms with Crippen LogP contribution in [0, 0.1) is 0 Å². The number of nitrogens with two attached hydrogens (primary N) is 2. The Balaban J connectivity index is 2.74. The SMILES string of the molecule is COc1ccc(Cl)c(C2(C(F)(F)F)C=CC=C(N)C2N)c1. The molecule has 4 N–H and O–H groups in total. The van der Waals surface area contributed by atoms with Crippen LogP contribution >= 0.6 is 11.6 Å². The van der Waals surface area contributed by atoms with Gasteiger partial charge in [-0.1, -0.05) is 23.8 Å². The molecule has 0 fully saturated rings. The van der Waals surface area contributed by atoms with Gasteiger partial charge in [0, 0.05) is 10.7 Å². The molecule has 114 valence electrons. The summed E-state index contributed by atoms with van der Waals surface area (Å²) in [6.07, 6.45) is -1.10. The maximum Gasteiger partial charge on any atom is 0.403 e. The van der Waals surface area contributed by atoms with Crippen molar-refractivity contribution in [1.29, 1.82) is 0 Å². The zero-order valence-corrected chi connectivity index (χ0v) is 11.9. The first-order chi connectivity index (χ1) is 9.74. The van der Waals surface area contributed by atoms with Gasteiger partial charge in [-0.2, -0.15) is 13.2 Å². The number of methoxy groups -OCH3 is 1. The molecule has 0 aromatic heterocycles. The summed E-state index contributed by atoms with van der Waals surface area (Å²) in [5.41, 5.74) is 8.66. The highest BCUT2D eigenvalue weighted by Crippen LogP contribution is 2.49. The van der Waals surface area contributed by atoms with Gasteiger partial charge in [-0.3, -0.25) is 0 Å². The van der Waals surface area contributed by atoms with Crippen molar-refractivity contribution in [3.8, 4) is 5.75 Å². The number of allylic oxidation sites excluding steroid dienone is 2. The molecule has 2 unspecified atom stereocenters. The van der Waals surface area contributed by atoms with Gasteiger partial charge < -0.3 is 16.2 Å². The molecule has 0 spiro atoms. The van der Waals surface area contributed by atoms with E-state index in [4.69, 9.17) is 27.8 Å². The van der Waals surface area contributed by atoms with E-state index in [-0.39, 0.29) is 22.0 Å².